The Morgan fingerprint density at radius 2 is 1.67 bits per heavy atom. The van der Waals surface area contributed by atoms with Crippen molar-refractivity contribution in [2.45, 2.75) is 52.0 Å². The van der Waals surface area contributed by atoms with Crippen molar-refractivity contribution in [3.05, 3.63) is 101 Å². The summed E-state index contributed by atoms with van der Waals surface area (Å²) in [6, 6.07) is 24.3. The van der Waals surface area contributed by atoms with Crippen molar-refractivity contribution >= 4 is 42.1 Å². The van der Waals surface area contributed by atoms with Gasteiger partial charge >= 0.3 is 7.12 Å². The van der Waals surface area contributed by atoms with E-state index in [1.807, 2.05) is 73.7 Å². The molecule has 1 aliphatic carbocycles. The summed E-state index contributed by atoms with van der Waals surface area (Å²) in [7, 11) is -0.989. The van der Waals surface area contributed by atoms with E-state index in [2.05, 4.69) is 18.3 Å². The number of nitrogens with one attached hydrogen (secondary N) is 1. The van der Waals surface area contributed by atoms with Gasteiger partial charge in [-0.05, 0) is 105 Å². The number of phenols is 1. The Labute approximate surface area is 253 Å². The molecule has 220 valence electrons. The highest BCUT2D eigenvalue weighted by molar-refractivity contribution is 6.43. The predicted molar refractivity (Wildman–Crippen MR) is 170 cm³/mol. The fourth-order valence-electron chi connectivity index (χ4n) is 7.03. The van der Waals surface area contributed by atoms with E-state index < -0.39 is 19.0 Å². The number of rotatable bonds is 8. The molecule has 2 amide bonds. The number of nitrogens with zero attached hydrogens (tertiary/aromatic N) is 1. The van der Waals surface area contributed by atoms with E-state index in [1.54, 1.807) is 12.1 Å². The molecule has 6 rings (SSSR count). The van der Waals surface area contributed by atoms with Gasteiger partial charge in [-0.25, -0.2) is 0 Å². The van der Waals surface area contributed by atoms with Gasteiger partial charge in [0.25, 0.3) is 0 Å². The zero-order valence-electron chi connectivity index (χ0n) is 24.6. The van der Waals surface area contributed by atoms with E-state index in [1.165, 1.54) is 10.5 Å². The Balaban J connectivity index is 1.20. The molecule has 2 fully saturated rings. The number of aromatic hydroxyl groups is 1. The summed E-state index contributed by atoms with van der Waals surface area (Å²) in [5.41, 5.74) is 6.82. The Bertz CT molecular complexity index is 1550. The molecule has 0 radical (unpaired) electrons. The maximum Gasteiger partial charge on any atom is 0.455 e. The van der Waals surface area contributed by atoms with Crippen LogP contribution in [0.5, 0.6) is 5.75 Å². The number of anilines is 3. The highest BCUT2D eigenvalue weighted by Gasteiger charge is 2.57. The first kappa shape index (κ1) is 29.0. The number of allylic oxidation sites excluding steroid dienone is 2. The number of phenolic OH excluding ortho intramolecular Hbond substituents is 1. The molecule has 7 nitrogen and oxygen atoms in total. The number of carbonyl (C=O) groups is 2. The summed E-state index contributed by atoms with van der Waals surface area (Å²) < 4.78 is 6.09. The van der Waals surface area contributed by atoms with Crippen LogP contribution in [0.4, 0.5) is 17.1 Å². The van der Waals surface area contributed by atoms with Crippen LogP contribution in [-0.2, 0) is 14.2 Å². The van der Waals surface area contributed by atoms with Crippen LogP contribution in [0.1, 0.15) is 45.1 Å². The number of amides is 2. The molecular formula is C35H37BN2O5. The van der Waals surface area contributed by atoms with Crippen LogP contribution in [0.3, 0.4) is 0 Å². The first-order chi connectivity index (χ1) is 20.8. The average Bonchev–Trinajstić information content (AvgIpc) is 3.25. The van der Waals surface area contributed by atoms with Crippen molar-refractivity contribution in [1.82, 2.24) is 0 Å². The topological polar surface area (TPSA) is 99.1 Å². The first-order valence-electron chi connectivity index (χ1n) is 15.1. The maximum absolute atomic E-state index is 14.0. The van der Waals surface area contributed by atoms with Crippen molar-refractivity contribution in [1.29, 1.82) is 0 Å². The van der Waals surface area contributed by atoms with Crippen LogP contribution in [0.15, 0.2) is 95.6 Å². The Morgan fingerprint density at radius 1 is 0.977 bits per heavy atom. The zero-order chi connectivity index (χ0) is 30.1. The van der Waals surface area contributed by atoms with Crippen LogP contribution in [0, 0.1) is 17.8 Å². The van der Waals surface area contributed by atoms with Gasteiger partial charge in [0, 0.05) is 11.4 Å². The third kappa shape index (κ3) is 5.90. The second-order valence-corrected chi connectivity index (χ2v) is 11.8. The van der Waals surface area contributed by atoms with E-state index in [9.17, 15) is 19.7 Å². The largest absolute Gasteiger partial charge is 0.508 e. The van der Waals surface area contributed by atoms with Gasteiger partial charge in [-0.1, -0.05) is 54.5 Å². The lowest BCUT2D eigenvalue weighted by molar-refractivity contribution is -0.122. The summed E-state index contributed by atoms with van der Waals surface area (Å²) >= 11 is 0. The fourth-order valence-corrected chi connectivity index (χ4v) is 7.03. The molecule has 0 saturated carbocycles. The number of imide groups is 1. The quantitative estimate of drug-likeness (QED) is 0.156. The molecule has 2 saturated heterocycles. The number of para-hydroxylation sites is 1. The number of benzene rings is 3. The molecule has 2 aliphatic heterocycles. The maximum atomic E-state index is 14.0. The minimum Gasteiger partial charge on any atom is -0.508 e. The lowest BCUT2D eigenvalue weighted by Gasteiger charge is -2.42. The average molecular weight is 577 g/mol. The van der Waals surface area contributed by atoms with Gasteiger partial charge < -0.3 is 20.1 Å². The lowest BCUT2D eigenvalue weighted by Crippen LogP contribution is -2.46. The van der Waals surface area contributed by atoms with E-state index in [4.69, 9.17) is 4.65 Å². The minimum absolute atomic E-state index is 0.167. The Kier molecular flexibility index (Phi) is 8.24. The summed E-state index contributed by atoms with van der Waals surface area (Å²) in [6.07, 6.45) is 4.96. The molecule has 43 heavy (non-hydrogen) atoms. The Hall–Kier alpha value is -4.14. The molecule has 2 heterocycles. The van der Waals surface area contributed by atoms with Gasteiger partial charge in [0.05, 0.1) is 23.6 Å². The summed E-state index contributed by atoms with van der Waals surface area (Å²) in [5, 5.41) is 23.7. The Morgan fingerprint density at radius 3 is 2.37 bits per heavy atom. The zero-order valence-corrected chi connectivity index (χ0v) is 24.6. The highest BCUT2D eigenvalue weighted by atomic mass is 16.5. The van der Waals surface area contributed by atoms with E-state index in [0.717, 1.165) is 40.9 Å². The molecule has 3 aliphatic rings. The number of hydrogen-bond donors (Lipinski definition) is 3. The van der Waals surface area contributed by atoms with Crippen LogP contribution in [0.2, 0.25) is 6.32 Å². The smallest absolute Gasteiger partial charge is 0.455 e. The van der Waals surface area contributed by atoms with Crippen molar-refractivity contribution in [3.8, 4) is 5.75 Å². The predicted octanol–water partition coefficient (Wildman–Crippen LogP) is 6.73. The highest BCUT2D eigenvalue weighted by Crippen LogP contribution is 2.51. The molecule has 0 bridgehead atoms. The molecule has 3 N–H and O–H groups in total. The standard InChI is InChI=1S/C35H37BN2O5/c1-3-23(20-24-9-16-28(39)17-10-24)11-18-31-32-22(2)19-29-33(30(32)21-36(42)43-31)35(41)38(34(29)40)27-14-12-26(13-15-27)37-25-7-5-4-6-8-25/h4-10,12-17,20,29-31,33,37,39,42H,3,11,18-19,21H2,1-2H3/b23-20+/t29-,30+,31-,33-/m1/s1. The van der Waals surface area contributed by atoms with E-state index >= 15 is 0 Å². The van der Waals surface area contributed by atoms with E-state index in [0.29, 0.717) is 24.8 Å². The van der Waals surface area contributed by atoms with Crippen LogP contribution in [-0.4, -0.2) is 35.2 Å². The number of fused-ring (bicyclic) bond motifs is 3. The monoisotopic (exact) mass is 576 g/mol. The summed E-state index contributed by atoms with van der Waals surface area (Å²) in [4.78, 5) is 29.0. The van der Waals surface area contributed by atoms with Crippen LogP contribution in [0.25, 0.3) is 6.08 Å². The van der Waals surface area contributed by atoms with Crippen LogP contribution >= 0.6 is 0 Å². The molecule has 0 spiro atoms. The van der Waals surface area contributed by atoms with Gasteiger partial charge in [-0.3, -0.25) is 14.5 Å². The molecule has 8 heteroatoms. The van der Waals surface area contributed by atoms with Gasteiger partial charge in [0.2, 0.25) is 11.8 Å². The molecule has 3 aromatic rings. The van der Waals surface area contributed by atoms with Crippen molar-refractivity contribution in [3.63, 3.8) is 0 Å². The number of carbonyl (C=O) groups excluding carboxylic acids is 2. The SMILES string of the molecule is CC/C(=C\c1ccc(O)cc1)CC[C@H]1OB(O)C[C@H]2C1=C(C)C[C@H]1C(=O)N(c3ccc(Nc4ccccc4)cc3)C(=O)[C@H]12. The first-order valence-corrected chi connectivity index (χ1v) is 15.1. The van der Waals surface area contributed by atoms with Gasteiger partial charge in [-0.15, -0.1) is 0 Å². The molecule has 4 atom stereocenters. The molecule has 0 aromatic heterocycles. The van der Waals surface area contributed by atoms with Gasteiger partial charge in [0.15, 0.2) is 0 Å². The number of hydrogen-bond acceptors (Lipinski definition) is 6. The van der Waals surface area contributed by atoms with E-state index in [-0.39, 0.29) is 29.6 Å². The van der Waals surface area contributed by atoms with Crippen molar-refractivity contribution in [2.24, 2.45) is 17.8 Å². The molecular weight excluding hydrogens is 539 g/mol. The molecule has 0 unspecified atom stereocenters. The van der Waals surface area contributed by atoms with Gasteiger partial charge in [-0.2, -0.15) is 0 Å². The second kappa shape index (κ2) is 12.2. The summed E-state index contributed by atoms with van der Waals surface area (Å²) in [6.45, 7) is 4.16. The van der Waals surface area contributed by atoms with Gasteiger partial charge in [0.1, 0.15) is 5.75 Å². The third-order valence-electron chi connectivity index (χ3n) is 9.09. The normalized spacial score (nSPS) is 23.8. The lowest BCUT2D eigenvalue weighted by atomic mass is 9.59. The minimum atomic E-state index is -0.989. The van der Waals surface area contributed by atoms with Crippen molar-refractivity contribution < 1.29 is 24.4 Å². The third-order valence-corrected chi connectivity index (χ3v) is 9.09. The summed E-state index contributed by atoms with van der Waals surface area (Å²) in [5.74, 6) is -1.30. The molecule has 3 aromatic carbocycles. The fraction of sp³-hybridized carbons (Fsp3) is 0.314. The van der Waals surface area contributed by atoms with Crippen LogP contribution < -0.4 is 10.2 Å². The second-order valence-electron chi connectivity index (χ2n) is 11.8. The van der Waals surface area contributed by atoms with Crippen molar-refractivity contribution in [2.75, 3.05) is 10.2 Å².